The van der Waals surface area contributed by atoms with E-state index in [2.05, 4.69) is 0 Å². The van der Waals surface area contributed by atoms with Crippen molar-refractivity contribution < 1.29 is 14.9 Å². The second-order valence-corrected chi connectivity index (χ2v) is 4.33. The van der Waals surface area contributed by atoms with E-state index in [1.165, 1.54) is 0 Å². The summed E-state index contributed by atoms with van der Waals surface area (Å²) in [5.41, 5.74) is 0. The Balaban J connectivity index is 2.04. The lowest BCUT2D eigenvalue weighted by Crippen LogP contribution is -2.24. The van der Waals surface area contributed by atoms with Crippen molar-refractivity contribution in [1.82, 2.24) is 0 Å². The molecule has 14 heavy (non-hydrogen) atoms. The lowest BCUT2D eigenvalue weighted by Gasteiger charge is -2.27. The van der Waals surface area contributed by atoms with Crippen molar-refractivity contribution in [2.45, 2.75) is 51.2 Å². The van der Waals surface area contributed by atoms with Crippen LogP contribution in [0.1, 0.15) is 39.0 Å². The van der Waals surface area contributed by atoms with Gasteiger partial charge in [0.1, 0.15) is 0 Å². The molecule has 0 heterocycles. The van der Waals surface area contributed by atoms with Gasteiger partial charge in [-0.1, -0.05) is 0 Å². The first-order chi connectivity index (χ1) is 6.72. The molecule has 0 aromatic carbocycles. The van der Waals surface area contributed by atoms with Crippen molar-refractivity contribution in [2.24, 2.45) is 5.92 Å². The van der Waals surface area contributed by atoms with E-state index in [1.807, 2.05) is 0 Å². The predicted molar refractivity (Wildman–Crippen MR) is 55.1 cm³/mol. The molecule has 3 nitrogen and oxygen atoms in total. The summed E-state index contributed by atoms with van der Waals surface area (Å²) in [6.07, 6.45) is 5.10. The zero-order valence-electron chi connectivity index (χ0n) is 8.98. The molecular formula is C11H22O3. The van der Waals surface area contributed by atoms with Crippen LogP contribution in [-0.2, 0) is 4.74 Å². The Hall–Kier alpha value is -0.120. The van der Waals surface area contributed by atoms with Gasteiger partial charge in [-0.15, -0.1) is 0 Å². The highest BCUT2D eigenvalue weighted by Crippen LogP contribution is 2.25. The van der Waals surface area contributed by atoms with Gasteiger partial charge in [-0.05, 0) is 44.9 Å². The summed E-state index contributed by atoms with van der Waals surface area (Å²) in [5, 5.41) is 18.0. The van der Waals surface area contributed by atoms with Crippen molar-refractivity contribution in [2.75, 3.05) is 13.2 Å². The van der Waals surface area contributed by atoms with Crippen LogP contribution in [0.2, 0.25) is 0 Å². The van der Waals surface area contributed by atoms with Gasteiger partial charge < -0.3 is 14.9 Å². The van der Waals surface area contributed by atoms with E-state index in [1.54, 1.807) is 6.92 Å². The third-order valence-corrected chi connectivity index (χ3v) is 2.94. The normalized spacial score (nSPS) is 30.2. The minimum absolute atomic E-state index is 0.260. The molecule has 0 amide bonds. The second kappa shape index (κ2) is 6.38. The van der Waals surface area contributed by atoms with Crippen molar-refractivity contribution in [1.29, 1.82) is 0 Å². The number of rotatable bonds is 5. The fourth-order valence-corrected chi connectivity index (χ4v) is 1.89. The molecule has 0 spiro atoms. The first-order valence-corrected chi connectivity index (χ1v) is 5.63. The maximum atomic E-state index is 9.05. The van der Waals surface area contributed by atoms with Crippen LogP contribution in [0.3, 0.4) is 0 Å². The smallest absolute Gasteiger partial charge is 0.0575 e. The number of aliphatic hydroxyl groups is 2. The first kappa shape index (κ1) is 12.0. The van der Waals surface area contributed by atoms with E-state index < -0.39 is 0 Å². The summed E-state index contributed by atoms with van der Waals surface area (Å²) < 4.78 is 5.64. The minimum atomic E-state index is -0.260. The molecule has 0 saturated heterocycles. The molecule has 0 aromatic rings. The maximum Gasteiger partial charge on any atom is 0.0575 e. The summed E-state index contributed by atoms with van der Waals surface area (Å²) in [6.45, 7) is 2.76. The lowest BCUT2D eigenvalue weighted by molar-refractivity contribution is -0.00154. The largest absolute Gasteiger partial charge is 0.396 e. The number of aliphatic hydroxyl groups excluding tert-OH is 2. The monoisotopic (exact) mass is 202 g/mol. The molecule has 84 valence electrons. The molecule has 1 unspecified atom stereocenters. The van der Waals surface area contributed by atoms with Crippen LogP contribution >= 0.6 is 0 Å². The van der Waals surface area contributed by atoms with Crippen LogP contribution in [0.25, 0.3) is 0 Å². The predicted octanol–water partition coefficient (Wildman–Crippen LogP) is 1.32. The molecule has 0 aromatic heterocycles. The summed E-state index contributed by atoms with van der Waals surface area (Å²) >= 11 is 0. The maximum absolute atomic E-state index is 9.05. The quantitative estimate of drug-likeness (QED) is 0.707. The van der Waals surface area contributed by atoms with E-state index in [4.69, 9.17) is 14.9 Å². The minimum Gasteiger partial charge on any atom is -0.396 e. The molecule has 1 aliphatic rings. The van der Waals surface area contributed by atoms with Gasteiger partial charge in [-0.25, -0.2) is 0 Å². The van der Waals surface area contributed by atoms with Crippen LogP contribution in [0, 0.1) is 5.92 Å². The Morgan fingerprint density at radius 2 is 1.93 bits per heavy atom. The highest BCUT2D eigenvalue weighted by molar-refractivity contribution is 4.72. The molecule has 1 saturated carbocycles. The van der Waals surface area contributed by atoms with Gasteiger partial charge in [0.2, 0.25) is 0 Å². The molecular weight excluding hydrogens is 180 g/mol. The van der Waals surface area contributed by atoms with Gasteiger partial charge in [0, 0.05) is 13.2 Å². The number of hydrogen-bond donors (Lipinski definition) is 2. The molecule has 2 N–H and O–H groups in total. The summed E-state index contributed by atoms with van der Waals surface area (Å²) in [7, 11) is 0. The highest BCUT2D eigenvalue weighted by Gasteiger charge is 2.20. The van der Waals surface area contributed by atoms with Gasteiger partial charge in [0.15, 0.2) is 0 Å². The number of hydrogen-bond acceptors (Lipinski definition) is 3. The van der Waals surface area contributed by atoms with E-state index in [-0.39, 0.29) is 6.10 Å². The molecule has 0 bridgehead atoms. The van der Waals surface area contributed by atoms with Crippen LogP contribution in [0.4, 0.5) is 0 Å². The van der Waals surface area contributed by atoms with Crippen molar-refractivity contribution in [3.05, 3.63) is 0 Å². The molecule has 1 fully saturated rings. The second-order valence-electron chi connectivity index (χ2n) is 4.33. The molecule has 0 aliphatic heterocycles. The van der Waals surface area contributed by atoms with Crippen LogP contribution in [0.5, 0.6) is 0 Å². The first-order valence-electron chi connectivity index (χ1n) is 5.63. The standard InChI is InChI=1S/C11H22O3/c1-9(13)6-7-14-11-4-2-10(8-12)3-5-11/h9-13H,2-8H2,1H3. The van der Waals surface area contributed by atoms with Crippen molar-refractivity contribution in [3.8, 4) is 0 Å². The van der Waals surface area contributed by atoms with Gasteiger partial charge in [0.05, 0.1) is 12.2 Å². The number of ether oxygens (including phenoxy) is 1. The van der Waals surface area contributed by atoms with Gasteiger partial charge in [0.25, 0.3) is 0 Å². The Labute approximate surface area is 86.1 Å². The van der Waals surface area contributed by atoms with Crippen molar-refractivity contribution >= 4 is 0 Å². The lowest BCUT2D eigenvalue weighted by atomic mass is 9.88. The topological polar surface area (TPSA) is 49.7 Å². The average molecular weight is 202 g/mol. The Kier molecular flexibility index (Phi) is 5.45. The average Bonchev–Trinajstić information content (AvgIpc) is 2.18. The molecule has 1 rings (SSSR count). The van der Waals surface area contributed by atoms with Crippen LogP contribution in [0.15, 0.2) is 0 Å². The van der Waals surface area contributed by atoms with Gasteiger partial charge in [-0.3, -0.25) is 0 Å². The molecule has 1 aliphatic carbocycles. The van der Waals surface area contributed by atoms with Crippen molar-refractivity contribution in [3.63, 3.8) is 0 Å². The SMILES string of the molecule is CC(O)CCOC1CCC(CO)CC1. The van der Waals surface area contributed by atoms with Gasteiger partial charge >= 0.3 is 0 Å². The zero-order valence-corrected chi connectivity index (χ0v) is 8.98. The van der Waals surface area contributed by atoms with Gasteiger partial charge in [-0.2, -0.15) is 0 Å². The third kappa shape index (κ3) is 4.40. The summed E-state index contributed by atoms with van der Waals surface area (Å²) in [5.74, 6) is 0.492. The summed E-state index contributed by atoms with van der Waals surface area (Å²) in [4.78, 5) is 0. The third-order valence-electron chi connectivity index (χ3n) is 2.94. The molecule has 0 radical (unpaired) electrons. The zero-order chi connectivity index (χ0) is 10.4. The van der Waals surface area contributed by atoms with E-state index in [0.717, 1.165) is 32.1 Å². The Bertz CT molecular complexity index is 139. The fourth-order valence-electron chi connectivity index (χ4n) is 1.89. The van der Waals surface area contributed by atoms with E-state index in [0.29, 0.717) is 25.2 Å². The van der Waals surface area contributed by atoms with Crippen LogP contribution < -0.4 is 0 Å². The summed E-state index contributed by atoms with van der Waals surface area (Å²) in [6, 6.07) is 0. The Morgan fingerprint density at radius 1 is 1.29 bits per heavy atom. The van der Waals surface area contributed by atoms with E-state index >= 15 is 0 Å². The highest BCUT2D eigenvalue weighted by atomic mass is 16.5. The van der Waals surface area contributed by atoms with E-state index in [9.17, 15) is 0 Å². The Morgan fingerprint density at radius 3 is 2.43 bits per heavy atom. The fraction of sp³-hybridized carbons (Fsp3) is 1.00. The van der Waals surface area contributed by atoms with Crippen LogP contribution in [-0.4, -0.2) is 35.6 Å². The molecule has 3 heteroatoms. The molecule has 1 atom stereocenters.